The van der Waals surface area contributed by atoms with Crippen LogP contribution in [0.3, 0.4) is 0 Å². The topological polar surface area (TPSA) is 114 Å². The number of nitro groups is 1. The number of aromatic nitrogens is 1. The van der Waals surface area contributed by atoms with Crippen molar-refractivity contribution in [2.24, 2.45) is 0 Å². The SMILES string of the molecule is CCN(CC)c1cc(N)c([N+](=O)[O-])cc1C(=O)Nc1ccc2ncsc2c1. The normalized spacial score (nSPS) is 10.7. The van der Waals surface area contributed by atoms with E-state index in [0.717, 1.165) is 10.2 Å². The van der Waals surface area contributed by atoms with Gasteiger partial charge in [-0.05, 0) is 38.1 Å². The number of rotatable bonds is 6. The number of nitrogens with two attached hydrogens (primary N) is 1. The van der Waals surface area contributed by atoms with E-state index in [0.29, 0.717) is 24.5 Å². The third-order valence-electron chi connectivity index (χ3n) is 4.28. The molecule has 140 valence electrons. The van der Waals surface area contributed by atoms with E-state index in [9.17, 15) is 14.9 Å². The molecule has 9 heteroatoms. The molecule has 0 radical (unpaired) electrons. The maximum absolute atomic E-state index is 12.9. The van der Waals surface area contributed by atoms with Crippen LogP contribution in [0.5, 0.6) is 0 Å². The van der Waals surface area contributed by atoms with Gasteiger partial charge in [-0.2, -0.15) is 0 Å². The Labute approximate surface area is 159 Å². The van der Waals surface area contributed by atoms with Crippen molar-refractivity contribution < 1.29 is 9.72 Å². The van der Waals surface area contributed by atoms with Crippen LogP contribution in [0, 0.1) is 10.1 Å². The van der Waals surface area contributed by atoms with Crippen molar-refractivity contribution in [3.63, 3.8) is 0 Å². The number of hydrogen-bond acceptors (Lipinski definition) is 7. The summed E-state index contributed by atoms with van der Waals surface area (Å²) in [5, 5.41) is 14.1. The number of anilines is 3. The lowest BCUT2D eigenvalue weighted by Gasteiger charge is -2.24. The minimum atomic E-state index is -0.582. The molecule has 0 bridgehead atoms. The number of nitrogens with zero attached hydrogens (tertiary/aromatic N) is 3. The van der Waals surface area contributed by atoms with Gasteiger partial charge in [-0.3, -0.25) is 14.9 Å². The van der Waals surface area contributed by atoms with Gasteiger partial charge in [0, 0.05) is 24.8 Å². The maximum atomic E-state index is 12.9. The number of benzene rings is 2. The number of carbonyl (C=O) groups excluding carboxylic acids is 1. The Morgan fingerprint density at radius 1 is 1.30 bits per heavy atom. The molecular formula is C18H19N5O3S. The Hall–Kier alpha value is -3.20. The van der Waals surface area contributed by atoms with Gasteiger partial charge < -0.3 is 16.0 Å². The molecule has 3 rings (SSSR count). The molecule has 1 heterocycles. The van der Waals surface area contributed by atoms with Gasteiger partial charge in [0.2, 0.25) is 0 Å². The average Bonchev–Trinajstić information content (AvgIpc) is 3.10. The van der Waals surface area contributed by atoms with Crippen LogP contribution < -0.4 is 16.0 Å². The van der Waals surface area contributed by atoms with E-state index < -0.39 is 10.8 Å². The Kier molecular flexibility index (Phi) is 5.22. The highest BCUT2D eigenvalue weighted by molar-refractivity contribution is 7.16. The molecule has 0 aliphatic carbocycles. The van der Waals surface area contributed by atoms with Crippen LogP contribution in [-0.4, -0.2) is 28.9 Å². The molecule has 3 N–H and O–H groups in total. The van der Waals surface area contributed by atoms with Crippen molar-refractivity contribution in [2.45, 2.75) is 13.8 Å². The number of hydrogen-bond donors (Lipinski definition) is 2. The van der Waals surface area contributed by atoms with Crippen LogP contribution in [0.25, 0.3) is 10.2 Å². The summed E-state index contributed by atoms with van der Waals surface area (Å²) in [5.41, 5.74) is 9.55. The highest BCUT2D eigenvalue weighted by Gasteiger charge is 2.23. The van der Waals surface area contributed by atoms with E-state index in [4.69, 9.17) is 5.73 Å². The summed E-state index contributed by atoms with van der Waals surface area (Å²) < 4.78 is 0.944. The number of fused-ring (bicyclic) bond motifs is 1. The predicted octanol–water partition coefficient (Wildman–Crippen LogP) is 3.89. The Morgan fingerprint density at radius 2 is 2.04 bits per heavy atom. The molecule has 27 heavy (non-hydrogen) atoms. The van der Waals surface area contributed by atoms with E-state index in [-0.39, 0.29) is 16.9 Å². The second kappa shape index (κ2) is 7.58. The minimum Gasteiger partial charge on any atom is -0.393 e. The van der Waals surface area contributed by atoms with Gasteiger partial charge in [0.15, 0.2) is 0 Å². The average molecular weight is 385 g/mol. The fourth-order valence-electron chi connectivity index (χ4n) is 2.89. The highest BCUT2D eigenvalue weighted by atomic mass is 32.1. The standard InChI is InChI=1S/C18H19N5O3S/c1-3-22(4-2)15-9-13(19)16(23(25)26)8-12(15)18(24)21-11-5-6-14-17(7-11)27-10-20-14/h5-10H,3-4,19H2,1-2H3,(H,21,24). The fraction of sp³-hybridized carbons (Fsp3) is 0.222. The number of nitro benzene ring substituents is 1. The molecule has 3 aromatic rings. The molecule has 1 amide bonds. The molecule has 2 aromatic carbocycles. The minimum absolute atomic E-state index is 0.0320. The molecule has 0 unspecified atom stereocenters. The van der Waals surface area contributed by atoms with Crippen LogP contribution in [-0.2, 0) is 0 Å². The van der Waals surface area contributed by atoms with E-state index in [2.05, 4.69) is 10.3 Å². The summed E-state index contributed by atoms with van der Waals surface area (Å²) in [5.74, 6) is -0.427. The fourth-order valence-corrected chi connectivity index (χ4v) is 3.61. The van der Waals surface area contributed by atoms with Crippen molar-refractivity contribution >= 4 is 50.2 Å². The molecule has 0 saturated carbocycles. The van der Waals surface area contributed by atoms with Crippen LogP contribution in [0.15, 0.2) is 35.8 Å². The van der Waals surface area contributed by atoms with Crippen molar-refractivity contribution in [3.8, 4) is 0 Å². The third-order valence-corrected chi connectivity index (χ3v) is 5.07. The maximum Gasteiger partial charge on any atom is 0.293 e. The van der Waals surface area contributed by atoms with Gasteiger partial charge in [-0.15, -0.1) is 11.3 Å². The molecule has 0 saturated heterocycles. The van der Waals surface area contributed by atoms with E-state index in [1.54, 1.807) is 11.6 Å². The predicted molar refractivity (Wildman–Crippen MR) is 109 cm³/mol. The van der Waals surface area contributed by atoms with E-state index in [1.165, 1.54) is 23.5 Å². The van der Waals surface area contributed by atoms with E-state index in [1.807, 2.05) is 30.9 Å². The summed E-state index contributed by atoms with van der Waals surface area (Å²) in [6, 6.07) is 8.13. The zero-order valence-corrected chi connectivity index (χ0v) is 15.7. The first-order chi connectivity index (χ1) is 12.9. The summed E-state index contributed by atoms with van der Waals surface area (Å²) in [4.78, 5) is 29.7. The second-order valence-electron chi connectivity index (χ2n) is 5.85. The molecule has 0 aliphatic heterocycles. The summed E-state index contributed by atoms with van der Waals surface area (Å²) in [6.07, 6.45) is 0. The number of nitrogens with one attached hydrogen (secondary N) is 1. The smallest absolute Gasteiger partial charge is 0.293 e. The lowest BCUT2D eigenvalue weighted by atomic mass is 10.1. The van der Waals surface area contributed by atoms with Crippen molar-refractivity contribution in [2.75, 3.05) is 29.0 Å². The first-order valence-electron chi connectivity index (χ1n) is 8.42. The van der Waals surface area contributed by atoms with Gasteiger partial charge in [0.05, 0.1) is 31.9 Å². The van der Waals surface area contributed by atoms with Crippen molar-refractivity contribution in [1.82, 2.24) is 4.98 Å². The van der Waals surface area contributed by atoms with Crippen molar-refractivity contribution in [1.29, 1.82) is 0 Å². The van der Waals surface area contributed by atoms with Crippen LogP contribution in [0.2, 0.25) is 0 Å². The van der Waals surface area contributed by atoms with E-state index >= 15 is 0 Å². The molecule has 0 spiro atoms. The Bertz CT molecular complexity index is 1010. The summed E-state index contributed by atoms with van der Waals surface area (Å²) in [7, 11) is 0. The monoisotopic (exact) mass is 385 g/mol. The first-order valence-corrected chi connectivity index (χ1v) is 9.30. The number of amides is 1. The molecule has 0 fully saturated rings. The molecular weight excluding hydrogens is 366 g/mol. The van der Waals surface area contributed by atoms with Gasteiger partial charge in [0.1, 0.15) is 5.69 Å². The quantitative estimate of drug-likeness (QED) is 0.378. The van der Waals surface area contributed by atoms with Gasteiger partial charge in [0.25, 0.3) is 11.6 Å². The third kappa shape index (κ3) is 3.68. The largest absolute Gasteiger partial charge is 0.393 e. The van der Waals surface area contributed by atoms with Gasteiger partial charge in [-0.1, -0.05) is 0 Å². The van der Waals surface area contributed by atoms with Crippen LogP contribution >= 0.6 is 11.3 Å². The Morgan fingerprint density at radius 3 is 2.70 bits per heavy atom. The Balaban J connectivity index is 2.02. The lowest BCUT2D eigenvalue weighted by Crippen LogP contribution is -2.26. The number of carbonyl (C=O) groups is 1. The second-order valence-corrected chi connectivity index (χ2v) is 6.73. The zero-order valence-electron chi connectivity index (χ0n) is 14.9. The molecule has 1 aromatic heterocycles. The lowest BCUT2D eigenvalue weighted by molar-refractivity contribution is -0.383. The summed E-state index contributed by atoms with van der Waals surface area (Å²) in [6.45, 7) is 5.17. The van der Waals surface area contributed by atoms with Gasteiger partial charge in [-0.25, -0.2) is 4.98 Å². The highest BCUT2D eigenvalue weighted by Crippen LogP contribution is 2.32. The van der Waals surface area contributed by atoms with Gasteiger partial charge >= 0.3 is 0 Å². The first kappa shape index (κ1) is 18.6. The number of thiazole rings is 1. The zero-order chi connectivity index (χ0) is 19.6. The number of nitrogen functional groups attached to an aromatic ring is 1. The molecule has 0 atom stereocenters. The molecule has 0 aliphatic rings. The molecule has 8 nitrogen and oxygen atoms in total. The van der Waals surface area contributed by atoms with Crippen LogP contribution in [0.4, 0.5) is 22.7 Å². The van der Waals surface area contributed by atoms with Crippen LogP contribution in [0.1, 0.15) is 24.2 Å². The summed E-state index contributed by atoms with van der Waals surface area (Å²) >= 11 is 1.47. The van der Waals surface area contributed by atoms with Crippen molar-refractivity contribution in [3.05, 3.63) is 51.5 Å².